The lowest BCUT2D eigenvalue weighted by Crippen LogP contribution is -2.21. The highest BCUT2D eigenvalue weighted by Crippen LogP contribution is 2.32. The summed E-state index contributed by atoms with van der Waals surface area (Å²) in [5.74, 6) is -1.25. The van der Waals surface area contributed by atoms with Crippen LogP contribution in [-0.4, -0.2) is 39.7 Å². The number of carboxylic acids is 1. The van der Waals surface area contributed by atoms with Crippen molar-refractivity contribution in [1.82, 2.24) is 14.5 Å². The van der Waals surface area contributed by atoms with Gasteiger partial charge in [-0.25, -0.2) is 14.2 Å². The minimum Gasteiger partial charge on any atom is -0.477 e. The van der Waals surface area contributed by atoms with E-state index in [1.807, 2.05) is 36.0 Å². The van der Waals surface area contributed by atoms with E-state index in [0.29, 0.717) is 30.0 Å². The van der Waals surface area contributed by atoms with Gasteiger partial charge in [0.2, 0.25) is 5.43 Å². The number of hydrogen-bond acceptors (Lipinski definition) is 6. The van der Waals surface area contributed by atoms with Crippen LogP contribution in [0.1, 0.15) is 21.6 Å². The minimum atomic E-state index is -1.38. The Bertz CT molecular complexity index is 1440. The molecule has 166 valence electrons. The average Bonchev–Trinajstić information content (AvgIpc) is 3.23. The third-order valence-electron chi connectivity index (χ3n) is 5.80. The monoisotopic (exact) mass is 445 g/mol. The summed E-state index contributed by atoms with van der Waals surface area (Å²) in [5.41, 5.74) is 1.97. The first-order valence-electron chi connectivity index (χ1n) is 10.3. The highest BCUT2D eigenvalue weighted by atomic mass is 19.1. The molecule has 1 aliphatic heterocycles. The van der Waals surface area contributed by atoms with Gasteiger partial charge in [-0.1, -0.05) is 6.07 Å². The summed E-state index contributed by atoms with van der Waals surface area (Å²) in [6.45, 7) is 0.928. The second-order valence-corrected chi connectivity index (χ2v) is 8.10. The quantitative estimate of drug-likeness (QED) is 0.516. The van der Waals surface area contributed by atoms with Crippen molar-refractivity contribution < 1.29 is 14.3 Å². The summed E-state index contributed by atoms with van der Waals surface area (Å²) < 4.78 is 16.8. The molecule has 5 rings (SSSR count). The van der Waals surface area contributed by atoms with E-state index in [2.05, 4.69) is 9.97 Å². The van der Waals surface area contributed by atoms with E-state index < -0.39 is 22.8 Å². The van der Waals surface area contributed by atoms with Gasteiger partial charge >= 0.3 is 5.97 Å². The molecule has 3 aromatic heterocycles. The number of anilines is 2. The van der Waals surface area contributed by atoms with Gasteiger partial charge in [-0.05, 0) is 35.9 Å². The highest BCUT2D eigenvalue weighted by Gasteiger charge is 2.25. The molecule has 4 aromatic rings. The van der Waals surface area contributed by atoms with Crippen molar-refractivity contribution in [2.45, 2.75) is 13.1 Å². The highest BCUT2D eigenvalue weighted by molar-refractivity contribution is 5.94. The third-order valence-corrected chi connectivity index (χ3v) is 5.80. The summed E-state index contributed by atoms with van der Waals surface area (Å²) in [5, 5.41) is 9.55. The maximum Gasteiger partial charge on any atom is 0.341 e. The fourth-order valence-corrected chi connectivity index (χ4v) is 4.10. The van der Waals surface area contributed by atoms with Crippen molar-refractivity contribution >= 4 is 28.4 Å². The Hall–Kier alpha value is -4.27. The van der Waals surface area contributed by atoms with E-state index in [0.717, 1.165) is 23.1 Å². The number of carboxylic acid groups (broad SMARTS) is 1. The van der Waals surface area contributed by atoms with Crippen LogP contribution in [0.2, 0.25) is 0 Å². The summed E-state index contributed by atoms with van der Waals surface area (Å²) >= 11 is 0. The standard InChI is InChI=1S/C24H20FN5O3/c1-28(2)22-6-5-15(10-27-22)30-12-17(24(32)33)23(31)16-8-18(25)21(9-20(16)30)29-11-14-4-3-7-26-19(14)13-29/h3-10,12H,11,13H2,1-2H3,(H,32,33). The SMILES string of the molecule is CN(C)c1ccc(-n2cc(C(=O)O)c(=O)c3cc(F)c(N4Cc5cccnc5C4)cc32)cn1. The Morgan fingerprint density at radius 3 is 2.64 bits per heavy atom. The zero-order chi connectivity index (χ0) is 23.3. The normalized spacial score (nSPS) is 12.8. The van der Waals surface area contributed by atoms with Gasteiger partial charge in [-0.15, -0.1) is 0 Å². The Morgan fingerprint density at radius 1 is 1.15 bits per heavy atom. The van der Waals surface area contributed by atoms with Gasteiger partial charge < -0.3 is 19.5 Å². The van der Waals surface area contributed by atoms with Gasteiger partial charge in [0.05, 0.1) is 35.3 Å². The van der Waals surface area contributed by atoms with Gasteiger partial charge in [0.15, 0.2) is 0 Å². The number of rotatable bonds is 4. The van der Waals surface area contributed by atoms with Crippen molar-refractivity contribution in [1.29, 1.82) is 0 Å². The zero-order valence-electron chi connectivity index (χ0n) is 18.0. The number of halogens is 1. The van der Waals surface area contributed by atoms with Crippen LogP contribution in [0.4, 0.5) is 15.9 Å². The van der Waals surface area contributed by atoms with Crippen LogP contribution in [0.3, 0.4) is 0 Å². The summed E-state index contributed by atoms with van der Waals surface area (Å²) in [4.78, 5) is 37.0. The first kappa shape index (κ1) is 20.6. The Balaban J connectivity index is 1.71. The Kier molecular flexibility index (Phi) is 4.81. The fourth-order valence-electron chi connectivity index (χ4n) is 4.10. The second kappa shape index (κ2) is 7.70. The van der Waals surface area contributed by atoms with Crippen LogP contribution in [0.25, 0.3) is 16.6 Å². The summed E-state index contributed by atoms with van der Waals surface area (Å²) in [6, 6.07) is 10.1. The van der Waals surface area contributed by atoms with Gasteiger partial charge in [-0.3, -0.25) is 9.78 Å². The van der Waals surface area contributed by atoms with E-state index in [-0.39, 0.29) is 5.39 Å². The molecule has 0 saturated heterocycles. The summed E-state index contributed by atoms with van der Waals surface area (Å²) in [6.07, 6.45) is 4.55. The zero-order valence-corrected chi connectivity index (χ0v) is 18.0. The van der Waals surface area contributed by atoms with E-state index in [1.54, 1.807) is 35.2 Å². The maximum atomic E-state index is 15.2. The van der Waals surface area contributed by atoms with Gasteiger partial charge in [0.25, 0.3) is 0 Å². The molecule has 4 heterocycles. The number of nitrogens with zero attached hydrogens (tertiary/aromatic N) is 5. The molecule has 0 radical (unpaired) electrons. The van der Waals surface area contributed by atoms with Crippen LogP contribution in [0.5, 0.6) is 0 Å². The fraction of sp³-hybridized carbons (Fsp3) is 0.167. The molecule has 1 aliphatic rings. The molecule has 0 amide bonds. The number of fused-ring (bicyclic) bond motifs is 2. The molecule has 0 saturated carbocycles. The van der Waals surface area contributed by atoms with E-state index >= 15 is 4.39 Å². The van der Waals surface area contributed by atoms with Crippen molar-refractivity contribution in [3.8, 4) is 5.69 Å². The number of pyridine rings is 3. The number of aromatic carboxylic acids is 1. The predicted octanol–water partition coefficient (Wildman–Crippen LogP) is 3.20. The van der Waals surface area contributed by atoms with Gasteiger partial charge in [-0.2, -0.15) is 0 Å². The van der Waals surface area contributed by atoms with Gasteiger partial charge in [0, 0.05) is 38.4 Å². The molecule has 33 heavy (non-hydrogen) atoms. The van der Waals surface area contributed by atoms with Crippen LogP contribution in [0, 0.1) is 5.82 Å². The van der Waals surface area contributed by atoms with Crippen molar-refractivity contribution in [2.75, 3.05) is 23.9 Å². The molecule has 0 atom stereocenters. The van der Waals surface area contributed by atoms with Crippen molar-refractivity contribution in [3.63, 3.8) is 0 Å². The minimum absolute atomic E-state index is 0.0114. The lowest BCUT2D eigenvalue weighted by Gasteiger charge is -2.21. The lowest BCUT2D eigenvalue weighted by atomic mass is 10.1. The van der Waals surface area contributed by atoms with E-state index in [1.165, 1.54) is 6.20 Å². The lowest BCUT2D eigenvalue weighted by molar-refractivity contribution is 0.0695. The number of carbonyl (C=O) groups is 1. The predicted molar refractivity (Wildman–Crippen MR) is 123 cm³/mol. The Labute approximate surface area is 188 Å². The van der Waals surface area contributed by atoms with Crippen molar-refractivity contribution in [3.05, 3.63) is 87.9 Å². The molecule has 0 unspecified atom stereocenters. The van der Waals surface area contributed by atoms with Crippen LogP contribution in [-0.2, 0) is 13.1 Å². The second-order valence-electron chi connectivity index (χ2n) is 8.10. The summed E-state index contributed by atoms with van der Waals surface area (Å²) in [7, 11) is 3.72. The smallest absolute Gasteiger partial charge is 0.341 e. The average molecular weight is 445 g/mol. The van der Waals surface area contributed by atoms with Crippen LogP contribution < -0.4 is 15.2 Å². The first-order chi connectivity index (χ1) is 15.8. The van der Waals surface area contributed by atoms with Crippen LogP contribution in [0.15, 0.2) is 59.8 Å². The number of hydrogen-bond donors (Lipinski definition) is 1. The molecular weight excluding hydrogens is 425 g/mol. The van der Waals surface area contributed by atoms with Crippen LogP contribution >= 0.6 is 0 Å². The molecular formula is C24H20FN5O3. The molecule has 0 aliphatic carbocycles. The number of aromatic nitrogens is 3. The number of benzene rings is 1. The molecule has 0 bridgehead atoms. The maximum absolute atomic E-state index is 15.2. The molecule has 1 aromatic carbocycles. The molecule has 1 N–H and O–H groups in total. The van der Waals surface area contributed by atoms with Crippen molar-refractivity contribution in [2.24, 2.45) is 0 Å². The van der Waals surface area contributed by atoms with E-state index in [4.69, 9.17) is 0 Å². The molecule has 9 heteroatoms. The van der Waals surface area contributed by atoms with Gasteiger partial charge in [0.1, 0.15) is 17.2 Å². The molecule has 8 nitrogen and oxygen atoms in total. The molecule has 0 spiro atoms. The molecule has 0 fully saturated rings. The first-order valence-corrected chi connectivity index (χ1v) is 10.3. The third kappa shape index (κ3) is 3.47. The largest absolute Gasteiger partial charge is 0.477 e. The topological polar surface area (TPSA) is 91.6 Å². The Morgan fingerprint density at radius 2 is 1.97 bits per heavy atom. The van der Waals surface area contributed by atoms with E-state index in [9.17, 15) is 14.7 Å².